The Morgan fingerprint density at radius 1 is 0.933 bits per heavy atom. The van der Waals surface area contributed by atoms with Gasteiger partial charge in [0, 0.05) is 11.8 Å². The maximum atomic E-state index is 13.2. The third-order valence-corrected chi connectivity index (χ3v) is 4.88. The van der Waals surface area contributed by atoms with E-state index in [2.05, 4.69) is 4.98 Å². The summed E-state index contributed by atoms with van der Waals surface area (Å²) in [4.78, 5) is 43.1. The van der Waals surface area contributed by atoms with Gasteiger partial charge < -0.3 is 4.74 Å². The molecule has 0 atom stereocenters. The Kier molecular flexibility index (Phi) is 5.26. The first-order valence-corrected chi connectivity index (χ1v) is 9.38. The highest BCUT2D eigenvalue weighted by atomic mass is 16.5. The van der Waals surface area contributed by atoms with Gasteiger partial charge in [-0.15, -0.1) is 0 Å². The molecule has 2 heterocycles. The molecule has 150 valence electrons. The summed E-state index contributed by atoms with van der Waals surface area (Å²) in [6, 6.07) is 19.1. The van der Waals surface area contributed by atoms with Crippen LogP contribution in [0.2, 0.25) is 0 Å². The van der Waals surface area contributed by atoms with Crippen LogP contribution >= 0.6 is 0 Å². The van der Waals surface area contributed by atoms with Gasteiger partial charge in [-0.2, -0.15) is 0 Å². The molecule has 2 aromatic heterocycles. The second-order valence-corrected chi connectivity index (χ2v) is 6.77. The molecule has 7 heteroatoms. The maximum Gasteiger partial charge on any atom is 0.332 e. The molecule has 0 aliphatic carbocycles. The molecule has 0 aliphatic rings. The highest BCUT2D eigenvalue weighted by Gasteiger charge is 2.17. The van der Waals surface area contributed by atoms with Crippen LogP contribution < -0.4 is 16.0 Å². The van der Waals surface area contributed by atoms with Crippen LogP contribution in [0.15, 0.2) is 82.5 Å². The number of methoxy groups -OCH3 is 1. The van der Waals surface area contributed by atoms with E-state index in [4.69, 9.17) is 4.74 Å². The number of hydrogen-bond donors (Lipinski definition) is 0. The van der Waals surface area contributed by atoms with E-state index < -0.39 is 11.2 Å². The van der Waals surface area contributed by atoms with E-state index in [-0.39, 0.29) is 24.4 Å². The summed E-state index contributed by atoms with van der Waals surface area (Å²) >= 11 is 0. The molecule has 0 amide bonds. The van der Waals surface area contributed by atoms with Gasteiger partial charge in [0.15, 0.2) is 11.3 Å². The average Bonchev–Trinajstić information content (AvgIpc) is 2.80. The van der Waals surface area contributed by atoms with Gasteiger partial charge in [0.2, 0.25) is 0 Å². The van der Waals surface area contributed by atoms with Crippen LogP contribution in [0, 0.1) is 0 Å². The molecular weight excluding hydrogens is 382 g/mol. The Morgan fingerprint density at radius 3 is 2.37 bits per heavy atom. The number of carbonyl (C=O) groups is 1. The highest BCUT2D eigenvalue weighted by molar-refractivity contribution is 5.96. The van der Waals surface area contributed by atoms with Gasteiger partial charge in [0.1, 0.15) is 5.75 Å². The smallest absolute Gasteiger partial charge is 0.332 e. The SMILES string of the molecule is COc1ccc(C(=O)Cn2c(=O)n(Cc3ccccc3)c(=O)c3ncccc32)cc1. The normalized spacial score (nSPS) is 10.8. The molecule has 0 N–H and O–H groups in total. The average molecular weight is 401 g/mol. The van der Waals surface area contributed by atoms with E-state index in [0.717, 1.165) is 10.1 Å². The number of ether oxygens (including phenoxy) is 1. The summed E-state index contributed by atoms with van der Waals surface area (Å²) in [7, 11) is 1.55. The zero-order valence-electron chi connectivity index (χ0n) is 16.3. The summed E-state index contributed by atoms with van der Waals surface area (Å²) in [6.45, 7) is -0.107. The molecule has 0 fully saturated rings. The molecule has 4 aromatic rings. The maximum absolute atomic E-state index is 13.2. The van der Waals surface area contributed by atoms with E-state index in [1.807, 2.05) is 30.3 Å². The fourth-order valence-electron chi connectivity index (χ4n) is 3.31. The number of pyridine rings is 1. The van der Waals surface area contributed by atoms with Gasteiger partial charge in [-0.05, 0) is 42.0 Å². The van der Waals surface area contributed by atoms with Gasteiger partial charge in [0.05, 0.1) is 25.7 Å². The Balaban J connectivity index is 1.81. The van der Waals surface area contributed by atoms with Gasteiger partial charge >= 0.3 is 5.69 Å². The third kappa shape index (κ3) is 3.65. The number of hydrogen-bond acceptors (Lipinski definition) is 5. The van der Waals surface area contributed by atoms with Crippen molar-refractivity contribution in [3.05, 3.63) is 105 Å². The largest absolute Gasteiger partial charge is 0.497 e. The lowest BCUT2D eigenvalue weighted by Gasteiger charge is -2.13. The van der Waals surface area contributed by atoms with Crippen molar-refractivity contribution in [2.24, 2.45) is 0 Å². The van der Waals surface area contributed by atoms with E-state index in [9.17, 15) is 14.4 Å². The molecule has 0 spiro atoms. The second-order valence-electron chi connectivity index (χ2n) is 6.77. The molecule has 0 aliphatic heterocycles. The number of fused-ring (bicyclic) bond motifs is 1. The Labute approximate surface area is 171 Å². The lowest BCUT2D eigenvalue weighted by atomic mass is 10.1. The van der Waals surface area contributed by atoms with Crippen molar-refractivity contribution in [3.8, 4) is 5.75 Å². The fraction of sp³-hybridized carbons (Fsp3) is 0.130. The molecule has 7 nitrogen and oxygen atoms in total. The number of carbonyl (C=O) groups excluding carboxylic acids is 1. The van der Waals surface area contributed by atoms with Gasteiger partial charge in [-0.3, -0.25) is 18.7 Å². The molecule has 30 heavy (non-hydrogen) atoms. The lowest BCUT2D eigenvalue weighted by Crippen LogP contribution is -2.41. The lowest BCUT2D eigenvalue weighted by molar-refractivity contribution is 0.0971. The summed E-state index contributed by atoms with van der Waals surface area (Å²) in [6.07, 6.45) is 1.50. The number of benzene rings is 2. The van der Waals surface area contributed by atoms with E-state index in [1.165, 1.54) is 10.8 Å². The van der Waals surface area contributed by atoms with Crippen LogP contribution in [-0.2, 0) is 13.1 Å². The fourth-order valence-corrected chi connectivity index (χ4v) is 3.31. The molecule has 0 bridgehead atoms. The quantitative estimate of drug-likeness (QED) is 0.464. The zero-order chi connectivity index (χ0) is 21.1. The Hall–Kier alpha value is -4.00. The van der Waals surface area contributed by atoms with Crippen molar-refractivity contribution in [2.75, 3.05) is 7.11 Å². The van der Waals surface area contributed by atoms with Gasteiger partial charge in [0.25, 0.3) is 5.56 Å². The molecule has 0 unspecified atom stereocenters. The van der Waals surface area contributed by atoms with Crippen molar-refractivity contribution >= 4 is 16.8 Å². The third-order valence-electron chi connectivity index (χ3n) is 4.88. The molecule has 0 saturated heterocycles. The summed E-state index contributed by atoms with van der Waals surface area (Å²) in [5.41, 5.74) is 0.702. The molecule has 4 rings (SSSR count). The first-order chi connectivity index (χ1) is 14.6. The Bertz CT molecular complexity index is 1320. The minimum atomic E-state index is -0.550. The summed E-state index contributed by atoms with van der Waals surface area (Å²) < 4.78 is 7.54. The predicted molar refractivity (Wildman–Crippen MR) is 113 cm³/mol. The van der Waals surface area contributed by atoms with Crippen molar-refractivity contribution < 1.29 is 9.53 Å². The number of Topliss-reactive ketones (excluding diaryl/α,β-unsaturated/α-hetero) is 1. The van der Waals surface area contributed by atoms with Crippen LogP contribution in [0.5, 0.6) is 5.75 Å². The van der Waals surface area contributed by atoms with Crippen LogP contribution in [0.1, 0.15) is 15.9 Å². The van der Waals surface area contributed by atoms with E-state index >= 15 is 0 Å². The summed E-state index contributed by atoms with van der Waals surface area (Å²) in [5.74, 6) is 0.379. The van der Waals surface area contributed by atoms with Gasteiger partial charge in [-0.25, -0.2) is 9.78 Å². The van der Waals surface area contributed by atoms with Gasteiger partial charge in [-0.1, -0.05) is 30.3 Å². The zero-order valence-corrected chi connectivity index (χ0v) is 16.3. The van der Waals surface area contributed by atoms with Crippen molar-refractivity contribution in [2.45, 2.75) is 13.1 Å². The first kappa shape index (κ1) is 19.3. The van der Waals surface area contributed by atoms with Crippen LogP contribution in [0.3, 0.4) is 0 Å². The number of ketones is 1. The van der Waals surface area contributed by atoms with Crippen LogP contribution in [0.4, 0.5) is 0 Å². The first-order valence-electron chi connectivity index (χ1n) is 9.38. The highest BCUT2D eigenvalue weighted by Crippen LogP contribution is 2.13. The number of nitrogens with zero attached hydrogens (tertiary/aromatic N) is 3. The van der Waals surface area contributed by atoms with Crippen molar-refractivity contribution in [3.63, 3.8) is 0 Å². The molecule has 0 saturated carbocycles. The molecule has 2 aromatic carbocycles. The predicted octanol–water partition coefficient (Wildman–Crippen LogP) is 2.50. The monoisotopic (exact) mass is 401 g/mol. The standard InChI is InChI=1S/C23H19N3O4/c1-30-18-11-9-17(10-12-18)20(27)15-25-19-8-5-13-24-21(19)22(28)26(23(25)29)14-16-6-3-2-4-7-16/h2-13H,14-15H2,1H3. The molecule has 0 radical (unpaired) electrons. The number of rotatable bonds is 6. The van der Waals surface area contributed by atoms with Crippen LogP contribution in [0.25, 0.3) is 11.0 Å². The topological polar surface area (TPSA) is 83.2 Å². The van der Waals surface area contributed by atoms with E-state index in [0.29, 0.717) is 16.8 Å². The minimum Gasteiger partial charge on any atom is -0.497 e. The van der Waals surface area contributed by atoms with Crippen molar-refractivity contribution in [1.82, 2.24) is 14.1 Å². The number of aromatic nitrogens is 3. The Morgan fingerprint density at radius 2 is 1.67 bits per heavy atom. The van der Waals surface area contributed by atoms with Crippen LogP contribution in [-0.4, -0.2) is 27.0 Å². The summed E-state index contributed by atoms with van der Waals surface area (Å²) in [5, 5.41) is 0. The van der Waals surface area contributed by atoms with Crippen molar-refractivity contribution in [1.29, 1.82) is 0 Å². The van der Waals surface area contributed by atoms with E-state index in [1.54, 1.807) is 43.5 Å². The second kappa shape index (κ2) is 8.16. The minimum absolute atomic E-state index is 0.0990. The molecular formula is C23H19N3O4.